The number of rotatable bonds is 2. The van der Waals surface area contributed by atoms with Crippen LogP contribution in [-0.4, -0.2) is 4.98 Å². The van der Waals surface area contributed by atoms with Gasteiger partial charge in [0.05, 0.1) is 0 Å². The van der Waals surface area contributed by atoms with Crippen molar-refractivity contribution in [3.63, 3.8) is 0 Å². The summed E-state index contributed by atoms with van der Waals surface area (Å²) in [7, 11) is 0. The Hall–Kier alpha value is -1.35. The van der Waals surface area contributed by atoms with Crippen molar-refractivity contribution in [1.82, 2.24) is 4.98 Å². The van der Waals surface area contributed by atoms with E-state index in [2.05, 4.69) is 20.9 Å². The zero-order valence-electron chi connectivity index (χ0n) is 9.20. The van der Waals surface area contributed by atoms with Gasteiger partial charge in [-0.3, -0.25) is 0 Å². The molecule has 0 saturated carbocycles. The Bertz CT molecular complexity index is 494. The highest BCUT2D eigenvalue weighted by Gasteiger charge is 2.02. The SMILES string of the molecule is Cc1ccc(Oc2ccc(Br)cc2C)nc1. The summed E-state index contributed by atoms with van der Waals surface area (Å²) >= 11 is 3.42. The first-order valence-corrected chi connectivity index (χ1v) is 5.81. The Morgan fingerprint density at radius 1 is 1.12 bits per heavy atom. The highest BCUT2D eigenvalue weighted by atomic mass is 79.9. The smallest absolute Gasteiger partial charge is 0.219 e. The summed E-state index contributed by atoms with van der Waals surface area (Å²) in [4.78, 5) is 4.20. The Morgan fingerprint density at radius 2 is 1.94 bits per heavy atom. The fourth-order valence-electron chi connectivity index (χ4n) is 1.35. The van der Waals surface area contributed by atoms with E-state index in [1.54, 1.807) is 6.20 Å². The van der Waals surface area contributed by atoms with E-state index < -0.39 is 0 Å². The molecule has 1 aromatic carbocycles. The number of hydrogen-bond acceptors (Lipinski definition) is 2. The molecule has 3 heteroatoms. The van der Waals surface area contributed by atoms with Crippen LogP contribution in [0.15, 0.2) is 41.0 Å². The van der Waals surface area contributed by atoms with Crippen LogP contribution in [-0.2, 0) is 0 Å². The Kier molecular flexibility index (Phi) is 3.25. The van der Waals surface area contributed by atoms with Gasteiger partial charge in [0.15, 0.2) is 0 Å². The molecular weight excluding hydrogens is 266 g/mol. The van der Waals surface area contributed by atoms with Gasteiger partial charge in [-0.15, -0.1) is 0 Å². The summed E-state index contributed by atoms with van der Waals surface area (Å²) < 4.78 is 6.74. The number of benzene rings is 1. The highest BCUT2D eigenvalue weighted by molar-refractivity contribution is 9.10. The Morgan fingerprint density at radius 3 is 2.56 bits per heavy atom. The molecule has 1 aromatic heterocycles. The molecule has 0 amide bonds. The van der Waals surface area contributed by atoms with Gasteiger partial charge in [-0.05, 0) is 43.2 Å². The van der Waals surface area contributed by atoms with Crippen LogP contribution < -0.4 is 4.74 Å². The van der Waals surface area contributed by atoms with E-state index in [1.807, 2.05) is 44.2 Å². The number of pyridine rings is 1. The van der Waals surface area contributed by atoms with Gasteiger partial charge in [-0.25, -0.2) is 4.98 Å². The zero-order chi connectivity index (χ0) is 11.5. The third-order valence-corrected chi connectivity index (χ3v) is 2.73. The van der Waals surface area contributed by atoms with Crippen molar-refractivity contribution in [2.45, 2.75) is 13.8 Å². The first kappa shape index (κ1) is 11.1. The molecule has 0 radical (unpaired) electrons. The molecule has 0 saturated heterocycles. The highest BCUT2D eigenvalue weighted by Crippen LogP contribution is 2.26. The maximum Gasteiger partial charge on any atom is 0.219 e. The summed E-state index contributed by atoms with van der Waals surface area (Å²) in [5.74, 6) is 1.45. The molecule has 0 aliphatic rings. The number of aromatic nitrogens is 1. The maximum absolute atomic E-state index is 5.69. The summed E-state index contributed by atoms with van der Waals surface area (Å²) in [6, 6.07) is 9.76. The number of aryl methyl sites for hydroxylation is 2. The lowest BCUT2D eigenvalue weighted by molar-refractivity contribution is 0.459. The number of halogens is 1. The number of nitrogens with zero attached hydrogens (tertiary/aromatic N) is 1. The van der Waals surface area contributed by atoms with Crippen LogP contribution in [0.25, 0.3) is 0 Å². The van der Waals surface area contributed by atoms with E-state index in [1.165, 1.54) is 0 Å². The third kappa shape index (κ3) is 2.61. The molecule has 0 N–H and O–H groups in total. The molecule has 0 unspecified atom stereocenters. The predicted molar refractivity (Wildman–Crippen MR) is 67.9 cm³/mol. The molecule has 82 valence electrons. The van der Waals surface area contributed by atoms with Crippen LogP contribution in [0.1, 0.15) is 11.1 Å². The first-order valence-electron chi connectivity index (χ1n) is 5.02. The zero-order valence-corrected chi connectivity index (χ0v) is 10.8. The predicted octanol–water partition coefficient (Wildman–Crippen LogP) is 4.25. The van der Waals surface area contributed by atoms with Crippen LogP contribution in [0.5, 0.6) is 11.6 Å². The lowest BCUT2D eigenvalue weighted by Gasteiger charge is -2.07. The molecule has 16 heavy (non-hydrogen) atoms. The van der Waals surface area contributed by atoms with Crippen LogP contribution in [0, 0.1) is 13.8 Å². The lowest BCUT2D eigenvalue weighted by atomic mass is 10.2. The molecule has 0 aliphatic carbocycles. The van der Waals surface area contributed by atoms with Crippen LogP contribution >= 0.6 is 15.9 Å². The average Bonchev–Trinajstić information content (AvgIpc) is 2.25. The quantitative estimate of drug-likeness (QED) is 0.819. The van der Waals surface area contributed by atoms with Gasteiger partial charge in [0, 0.05) is 16.7 Å². The van der Waals surface area contributed by atoms with Crippen molar-refractivity contribution in [3.05, 3.63) is 52.1 Å². The maximum atomic E-state index is 5.69. The van der Waals surface area contributed by atoms with E-state index in [-0.39, 0.29) is 0 Å². The van der Waals surface area contributed by atoms with E-state index >= 15 is 0 Å². The molecule has 0 bridgehead atoms. The minimum Gasteiger partial charge on any atom is -0.439 e. The topological polar surface area (TPSA) is 22.1 Å². The molecule has 0 atom stereocenters. The summed E-state index contributed by atoms with van der Waals surface area (Å²) in [5.41, 5.74) is 2.21. The van der Waals surface area contributed by atoms with E-state index in [9.17, 15) is 0 Å². The molecule has 1 heterocycles. The van der Waals surface area contributed by atoms with Crippen molar-refractivity contribution >= 4 is 15.9 Å². The normalized spacial score (nSPS) is 10.2. The summed E-state index contributed by atoms with van der Waals surface area (Å²) in [5, 5.41) is 0. The van der Waals surface area contributed by atoms with Crippen molar-refractivity contribution in [2.75, 3.05) is 0 Å². The molecule has 0 aliphatic heterocycles. The third-order valence-electron chi connectivity index (χ3n) is 2.24. The van der Waals surface area contributed by atoms with Gasteiger partial charge in [-0.1, -0.05) is 22.0 Å². The number of ether oxygens (including phenoxy) is 1. The fraction of sp³-hybridized carbons (Fsp3) is 0.154. The standard InChI is InChI=1S/C13H12BrNO/c1-9-3-6-13(15-8-9)16-12-5-4-11(14)7-10(12)2/h3-8H,1-2H3. The van der Waals surface area contributed by atoms with Crippen molar-refractivity contribution in [1.29, 1.82) is 0 Å². The second-order valence-corrected chi connectivity index (χ2v) is 4.60. The molecule has 2 nitrogen and oxygen atoms in total. The van der Waals surface area contributed by atoms with Gasteiger partial charge in [0.25, 0.3) is 0 Å². The van der Waals surface area contributed by atoms with Gasteiger partial charge in [0.1, 0.15) is 5.75 Å². The van der Waals surface area contributed by atoms with Crippen LogP contribution in [0.2, 0.25) is 0 Å². The second kappa shape index (κ2) is 4.66. The minimum atomic E-state index is 0.621. The van der Waals surface area contributed by atoms with Crippen molar-refractivity contribution < 1.29 is 4.74 Å². The van der Waals surface area contributed by atoms with Gasteiger partial charge in [-0.2, -0.15) is 0 Å². The molecule has 0 spiro atoms. The van der Waals surface area contributed by atoms with Crippen LogP contribution in [0.4, 0.5) is 0 Å². The van der Waals surface area contributed by atoms with Crippen molar-refractivity contribution in [3.8, 4) is 11.6 Å². The first-order chi connectivity index (χ1) is 7.65. The Labute approximate surface area is 103 Å². The van der Waals surface area contributed by atoms with Crippen molar-refractivity contribution in [2.24, 2.45) is 0 Å². The number of hydrogen-bond donors (Lipinski definition) is 0. The average molecular weight is 278 g/mol. The van der Waals surface area contributed by atoms with Gasteiger partial charge in [0.2, 0.25) is 5.88 Å². The minimum absolute atomic E-state index is 0.621. The second-order valence-electron chi connectivity index (χ2n) is 3.69. The fourth-order valence-corrected chi connectivity index (χ4v) is 1.83. The van der Waals surface area contributed by atoms with E-state index in [0.717, 1.165) is 21.3 Å². The van der Waals surface area contributed by atoms with Crippen LogP contribution in [0.3, 0.4) is 0 Å². The Balaban J connectivity index is 2.23. The molecule has 2 rings (SSSR count). The van der Waals surface area contributed by atoms with Gasteiger partial charge >= 0.3 is 0 Å². The van der Waals surface area contributed by atoms with Gasteiger partial charge < -0.3 is 4.74 Å². The molecule has 0 fully saturated rings. The summed E-state index contributed by atoms with van der Waals surface area (Å²) in [6.07, 6.45) is 1.80. The largest absolute Gasteiger partial charge is 0.439 e. The molecule has 2 aromatic rings. The van der Waals surface area contributed by atoms with E-state index in [0.29, 0.717) is 5.88 Å². The lowest BCUT2D eigenvalue weighted by Crippen LogP contribution is -1.90. The summed E-state index contributed by atoms with van der Waals surface area (Å²) in [6.45, 7) is 4.01. The molecular formula is C13H12BrNO. The van der Waals surface area contributed by atoms with E-state index in [4.69, 9.17) is 4.74 Å². The monoisotopic (exact) mass is 277 g/mol.